The summed E-state index contributed by atoms with van der Waals surface area (Å²) in [5.74, 6) is -1.44. The van der Waals surface area contributed by atoms with Gasteiger partial charge >= 0.3 is 5.69 Å². The molecule has 186 valence electrons. The van der Waals surface area contributed by atoms with Crippen molar-refractivity contribution in [3.8, 4) is 0 Å². The van der Waals surface area contributed by atoms with E-state index < -0.39 is 29.5 Å². The van der Waals surface area contributed by atoms with Crippen molar-refractivity contribution in [2.24, 2.45) is 0 Å². The van der Waals surface area contributed by atoms with Gasteiger partial charge in [0.25, 0.3) is 5.56 Å². The van der Waals surface area contributed by atoms with Crippen LogP contribution in [-0.2, 0) is 27.4 Å². The van der Waals surface area contributed by atoms with Crippen LogP contribution in [0.2, 0.25) is 0 Å². The topological polar surface area (TPSA) is 111 Å². The molecule has 0 aliphatic heterocycles. The van der Waals surface area contributed by atoms with Gasteiger partial charge in [0.15, 0.2) is 0 Å². The average Bonchev–Trinajstić information content (AvgIpc) is 2.83. The van der Waals surface area contributed by atoms with Crippen LogP contribution in [0.5, 0.6) is 0 Å². The second kappa shape index (κ2) is 12.4. The lowest BCUT2D eigenvalue weighted by molar-refractivity contribution is -0.121. The highest BCUT2D eigenvalue weighted by atomic mass is 79.9. The van der Waals surface area contributed by atoms with Gasteiger partial charge in [-0.2, -0.15) is 0 Å². The van der Waals surface area contributed by atoms with Crippen LogP contribution >= 0.6 is 15.9 Å². The highest BCUT2D eigenvalue weighted by molar-refractivity contribution is 9.10. The molecule has 0 saturated carbocycles. The van der Waals surface area contributed by atoms with Crippen molar-refractivity contribution in [2.45, 2.75) is 32.4 Å². The maximum Gasteiger partial charge on any atom is 0.331 e. The molecule has 0 unspecified atom stereocenters. The molecule has 0 atom stereocenters. The van der Waals surface area contributed by atoms with Crippen molar-refractivity contribution in [1.82, 2.24) is 14.5 Å². The highest BCUT2D eigenvalue weighted by Crippen LogP contribution is 2.19. The molecule has 0 aliphatic rings. The lowest BCUT2D eigenvalue weighted by atomic mass is 10.2. The van der Waals surface area contributed by atoms with E-state index in [1.807, 2.05) is 0 Å². The number of methoxy groups -OCH3 is 1. The van der Waals surface area contributed by atoms with Gasteiger partial charge in [-0.3, -0.25) is 23.5 Å². The molecule has 0 radical (unpaired) electrons. The van der Waals surface area contributed by atoms with Crippen LogP contribution in [-0.4, -0.2) is 41.2 Å². The van der Waals surface area contributed by atoms with Crippen molar-refractivity contribution in [2.75, 3.05) is 25.6 Å². The molecule has 0 aliphatic carbocycles. The van der Waals surface area contributed by atoms with E-state index >= 15 is 0 Å². The van der Waals surface area contributed by atoms with Crippen LogP contribution < -0.4 is 21.9 Å². The fraction of sp³-hybridized carbons (Fsp3) is 0.333. The Bertz CT molecular complexity index is 1340. The van der Waals surface area contributed by atoms with E-state index in [4.69, 9.17) is 4.74 Å². The Morgan fingerprint density at radius 3 is 2.57 bits per heavy atom. The number of carbonyl (C=O) groups excluding carboxylic acids is 2. The minimum atomic E-state index is -0.680. The van der Waals surface area contributed by atoms with Crippen LogP contribution in [0.1, 0.15) is 19.3 Å². The normalized spacial score (nSPS) is 10.9. The summed E-state index contributed by atoms with van der Waals surface area (Å²) in [6.45, 7) is 0.601. The SMILES string of the molecule is COCCCNC(=O)CCCn1c(=O)c2ccccc2n(CC(=O)Nc2ccc(Br)cc2F)c1=O. The Morgan fingerprint density at radius 2 is 1.83 bits per heavy atom. The molecule has 0 spiro atoms. The first kappa shape index (κ1) is 26.3. The number of hydrogen-bond acceptors (Lipinski definition) is 5. The number of ether oxygens (including phenoxy) is 1. The van der Waals surface area contributed by atoms with Gasteiger partial charge in [0.2, 0.25) is 11.8 Å². The van der Waals surface area contributed by atoms with Crippen LogP contribution in [0.15, 0.2) is 56.5 Å². The Kier molecular flexibility index (Phi) is 9.32. The van der Waals surface area contributed by atoms with Crippen molar-refractivity contribution < 1.29 is 18.7 Å². The Balaban J connectivity index is 1.79. The molecule has 0 fully saturated rings. The lowest BCUT2D eigenvalue weighted by Crippen LogP contribution is -2.42. The third kappa shape index (κ3) is 6.86. The molecule has 35 heavy (non-hydrogen) atoms. The predicted octanol–water partition coefficient (Wildman–Crippen LogP) is 2.64. The smallest absolute Gasteiger partial charge is 0.331 e. The molecule has 1 aromatic heterocycles. The quantitative estimate of drug-likeness (QED) is 0.358. The second-order valence-corrected chi connectivity index (χ2v) is 8.73. The molecule has 11 heteroatoms. The van der Waals surface area contributed by atoms with E-state index in [9.17, 15) is 23.6 Å². The molecule has 1 heterocycles. The molecule has 2 amide bonds. The van der Waals surface area contributed by atoms with Crippen molar-refractivity contribution >= 4 is 44.3 Å². The van der Waals surface area contributed by atoms with Gasteiger partial charge in [-0.15, -0.1) is 0 Å². The first-order valence-corrected chi connectivity index (χ1v) is 11.8. The summed E-state index contributed by atoms with van der Waals surface area (Å²) >= 11 is 3.16. The first-order valence-electron chi connectivity index (χ1n) is 11.0. The minimum absolute atomic E-state index is 0.0109. The zero-order chi connectivity index (χ0) is 25.4. The molecule has 0 bridgehead atoms. The summed E-state index contributed by atoms with van der Waals surface area (Å²) in [5, 5.41) is 5.47. The highest BCUT2D eigenvalue weighted by Gasteiger charge is 2.16. The second-order valence-electron chi connectivity index (χ2n) is 7.81. The summed E-state index contributed by atoms with van der Waals surface area (Å²) in [6, 6.07) is 10.6. The van der Waals surface area contributed by atoms with Gasteiger partial charge in [-0.05, 0) is 43.2 Å². The van der Waals surface area contributed by atoms with Crippen LogP contribution in [0.4, 0.5) is 10.1 Å². The van der Waals surface area contributed by atoms with E-state index in [-0.39, 0.29) is 36.4 Å². The molecular formula is C24H26BrFN4O5. The fourth-order valence-electron chi connectivity index (χ4n) is 3.58. The van der Waals surface area contributed by atoms with Gasteiger partial charge in [0.05, 0.1) is 16.6 Å². The molecule has 9 nitrogen and oxygen atoms in total. The van der Waals surface area contributed by atoms with Gasteiger partial charge in [-0.1, -0.05) is 28.1 Å². The van der Waals surface area contributed by atoms with Gasteiger partial charge in [-0.25, -0.2) is 9.18 Å². The maximum absolute atomic E-state index is 14.1. The van der Waals surface area contributed by atoms with Gasteiger partial charge in [0.1, 0.15) is 12.4 Å². The number of nitrogens with one attached hydrogen (secondary N) is 2. The number of hydrogen-bond donors (Lipinski definition) is 2. The summed E-state index contributed by atoms with van der Waals surface area (Å²) < 4.78 is 21.8. The average molecular weight is 549 g/mol. The van der Waals surface area contributed by atoms with E-state index in [1.165, 1.54) is 16.7 Å². The Labute approximate surface area is 209 Å². The third-order valence-electron chi connectivity index (χ3n) is 5.27. The minimum Gasteiger partial charge on any atom is -0.385 e. The number of amides is 2. The Morgan fingerprint density at radius 1 is 1.06 bits per heavy atom. The molecule has 2 N–H and O–H groups in total. The molecule has 3 rings (SSSR count). The van der Waals surface area contributed by atoms with Crippen molar-refractivity contribution in [1.29, 1.82) is 0 Å². The number of aromatic nitrogens is 2. The van der Waals surface area contributed by atoms with Gasteiger partial charge < -0.3 is 15.4 Å². The number of para-hydroxylation sites is 1. The summed E-state index contributed by atoms with van der Waals surface area (Å²) in [5.41, 5.74) is -0.913. The summed E-state index contributed by atoms with van der Waals surface area (Å²) in [4.78, 5) is 50.8. The zero-order valence-electron chi connectivity index (χ0n) is 19.2. The summed E-state index contributed by atoms with van der Waals surface area (Å²) in [7, 11) is 1.58. The summed E-state index contributed by atoms with van der Waals surface area (Å²) in [6.07, 6.45) is 1.08. The number of anilines is 1. The molecular weight excluding hydrogens is 523 g/mol. The number of benzene rings is 2. The van der Waals surface area contributed by atoms with Gasteiger partial charge in [0, 0.05) is 37.7 Å². The third-order valence-corrected chi connectivity index (χ3v) is 5.77. The number of carbonyl (C=O) groups is 2. The van der Waals surface area contributed by atoms with E-state index in [1.54, 1.807) is 37.4 Å². The van der Waals surface area contributed by atoms with Crippen LogP contribution in [0.3, 0.4) is 0 Å². The maximum atomic E-state index is 14.1. The lowest BCUT2D eigenvalue weighted by Gasteiger charge is -2.14. The monoisotopic (exact) mass is 548 g/mol. The fourth-order valence-corrected chi connectivity index (χ4v) is 3.91. The van der Waals surface area contributed by atoms with E-state index in [2.05, 4.69) is 26.6 Å². The predicted molar refractivity (Wildman–Crippen MR) is 134 cm³/mol. The largest absolute Gasteiger partial charge is 0.385 e. The van der Waals surface area contributed by atoms with E-state index in [0.29, 0.717) is 29.6 Å². The Hall–Kier alpha value is -3.31. The van der Waals surface area contributed by atoms with E-state index in [0.717, 1.165) is 4.57 Å². The standard InChI is InChI=1S/C24H26BrFN4O5/c1-35-13-5-11-27-21(31)8-4-12-29-23(33)17-6-2-3-7-20(17)30(24(29)34)15-22(32)28-19-10-9-16(25)14-18(19)26/h2-3,6-7,9-10,14H,4-5,8,11-13,15H2,1H3,(H,27,31)(H,28,32). The molecule has 0 saturated heterocycles. The number of rotatable bonds is 11. The van der Waals surface area contributed by atoms with Crippen LogP contribution in [0, 0.1) is 5.82 Å². The van der Waals surface area contributed by atoms with Crippen LogP contribution in [0.25, 0.3) is 10.9 Å². The number of nitrogens with zero attached hydrogens (tertiary/aromatic N) is 2. The number of fused-ring (bicyclic) bond motifs is 1. The first-order chi connectivity index (χ1) is 16.8. The molecule has 2 aromatic carbocycles. The molecule has 3 aromatic rings. The number of halogens is 2. The van der Waals surface area contributed by atoms with Crippen molar-refractivity contribution in [3.63, 3.8) is 0 Å². The van der Waals surface area contributed by atoms with Crippen molar-refractivity contribution in [3.05, 3.63) is 73.6 Å². The zero-order valence-corrected chi connectivity index (χ0v) is 20.8.